The minimum Gasteiger partial charge on any atom is -0.388 e. The summed E-state index contributed by atoms with van der Waals surface area (Å²) in [5.41, 5.74) is 0. The maximum atomic E-state index is 13.1. The van der Waals surface area contributed by atoms with E-state index in [1.807, 2.05) is 0 Å². The largest absolute Gasteiger partial charge is 0.388 e. The highest BCUT2D eigenvalue weighted by Gasteiger charge is 2.62. The Bertz CT molecular complexity index is 1250. The van der Waals surface area contributed by atoms with Crippen LogP contribution in [0, 0.1) is 17.8 Å². The van der Waals surface area contributed by atoms with Gasteiger partial charge >= 0.3 is 5.97 Å². The number of aliphatic hydroxyl groups is 6. The number of unbranched alkanes of at least 4 members (excludes halogenated alkanes) is 2. The number of rotatable bonds is 18. The van der Waals surface area contributed by atoms with Crippen LogP contribution in [-0.4, -0.2) is 165 Å². The lowest BCUT2D eigenvalue weighted by atomic mass is 10.0. The van der Waals surface area contributed by atoms with Crippen LogP contribution in [0.4, 0.5) is 0 Å². The molecule has 0 aromatic heterocycles. The van der Waals surface area contributed by atoms with Gasteiger partial charge < -0.3 is 70.4 Å². The molecule has 0 radical (unpaired) electrons. The molecule has 2 unspecified atom stereocenters. The van der Waals surface area contributed by atoms with E-state index in [9.17, 15) is 59.4 Å². The van der Waals surface area contributed by atoms with Gasteiger partial charge in [-0.15, -0.1) is 5.06 Å². The Morgan fingerprint density at radius 2 is 1.04 bits per heavy atom. The monoisotopic (exact) mass is 762 g/mol. The number of ether oxygens (including phenoxy) is 4. The van der Waals surface area contributed by atoms with E-state index in [4.69, 9.17) is 23.8 Å². The maximum Gasteiger partial charge on any atom is 0.333 e. The SMILES string of the molecule is C[C@@H]1O[C@@H](OCCNC(=O)C2C(C(=O)NCCCCCC(=O)ON3C(=O)CCC3=O)C2C(=O)NCCO[C@@H]2O[C@@H](C)[C@@H](O)[C@@H](O)[C@@H]2O)[C@@H](O)[C@H](O)[C@@H]1O. The van der Waals surface area contributed by atoms with Gasteiger partial charge in [0.25, 0.3) is 11.8 Å². The van der Waals surface area contributed by atoms with E-state index in [1.165, 1.54) is 13.8 Å². The molecule has 9 N–H and O–H groups in total. The molecule has 0 aromatic rings. The highest BCUT2D eigenvalue weighted by Crippen LogP contribution is 2.47. The number of nitrogens with one attached hydrogen (secondary N) is 3. The molecule has 21 nitrogen and oxygen atoms in total. The first kappa shape index (κ1) is 42.4. The molecule has 3 heterocycles. The zero-order valence-electron chi connectivity index (χ0n) is 29.4. The number of hydroxylamine groups is 2. The summed E-state index contributed by atoms with van der Waals surface area (Å²) in [6.07, 6.45) is -11.8. The van der Waals surface area contributed by atoms with Crippen molar-refractivity contribution in [2.75, 3.05) is 32.8 Å². The molecule has 0 bridgehead atoms. The first-order chi connectivity index (χ1) is 25.1. The van der Waals surface area contributed by atoms with E-state index >= 15 is 0 Å². The first-order valence-electron chi connectivity index (χ1n) is 17.7. The van der Waals surface area contributed by atoms with Crippen LogP contribution in [0.1, 0.15) is 52.4 Å². The normalized spacial score (nSPS) is 35.5. The molecule has 0 aromatic carbocycles. The molecule has 0 spiro atoms. The molecule has 4 fully saturated rings. The van der Waals surface area contributed by atoms with Gasteiger partial charge in [0.2, 0.25) is 17.7 Å². The molecule has 1 saturated carbocycles. The second kappa shape index (κ2) is 19.3. The van der Waals surface area contributed by atoms with Crippen LogP contribution in [0.25, 0.3) is 0 Å². The predicted octanol–water partition coefficient (Wildman–Crippen LogP) is -4.95. The molecule has 5 amide bonds. The summed E-state index contributed by atoms with van der Waals surface area (Å²) in [7, 11) is 0. The molecule has 12 atom stereocenters. The fraction of sp³-hybridized carbons (Fsp3) is 0.812. The van der Waals surface area contributed by atoms with E-state index < -0.39 is 115 Å². The summed E-state index contributed by atoms with van der Waals surface area (Å²) in [4.78, 5) is 79.3. The third-order valence-electron chi connectivity index (χ3n) is 9.47. The topological polar surface area (TPSA) is 309 Å². The number of hydrogen-bond donors (Lipinski definition) is 9. The summed E-state index contributed by atoms with van der Waals surface area (Å²) in [6.45, 7) is 2.53. The minimum absolute atomic E-state index is 0.0163. The summed E-state index contributed by atoms with van der Waals surface area (Å²) in [5, 5.41) is 68.1. The maximum absolute atomic E-state index is 13.1. The molecular formula is C32H50N4O17. The molecule has 53 heavy (non-hydrogen) atoms. The Morgan fingerprint density at radius 3 is 1.47 bits per heavy atom. The van der Waals surface area contributed by atoms with Crippen molar-refractivity contribution < 1.29 is 83.2 Å². The molecule has 1 aliphatic carbocycles. The molecular weight excluding hydrogens is 712 g/mol. The molecule has 3 saturated heterocycles. The van der Waals surface area contributed by atoms with Crippen LogP contribution in [0.15, 0.2) is 0 Å². The Labute approximate surface area is 304 Å². The van der Waals surface area contributed by atoms with Crippen LogP contribution in [-0.2, 0) is 52.6 Å². The van der Waals surface area contributed by atoms with Crippen molar-refractivity contribution in [3.8, 4) is 0 Å². The smallest absolute Gasteiger partial charge is 0.333 e. The van der Waals surface area contributed by atoms with E-state index in [1.54, 1.807) is 0 Å². The van der Waals surface area contributed by atoms with Gasteiger partial charge in [-0.2, -0.15) is 0 Å². The van der Waals surface area contributed by atoms with Crippen molar-refractivity contribution in [1.82, 2.24) is 21.0 Å². The molecule has 4 rings (SSSR count). The fourth-order valence-electron chi connectivity index (χ4n) is 6.23. The van der Waals surface area contributed by atoms with Gasteiger partial charge in [0.15, 0.2) is 12.6 Å². The number of hydrogen-bond acceptors (Lipinski definition) is 17. The summed E-state index contributed by atoms with van der Waals surface area (Å²) >= 11 is 0. The summed E-state index contributed by atoms with van der Waals surface area (Å²) in [6, 6.07) is 0. The van der Waals surface area contributed by atoms with Crippen LogP contribution in [0.3, 0.4) is 0 Å². The summed E-state index contributed by atoms with van der Waals surface area (Å²) in [5.74, 6) is -6.89. The van der Waals surface area contributed by atoms with Gasteiger partial charge in [-0.3, -0.25) is 24.0 Å². The van der Waals surface area contributed by atoms with Gasteiger partial charge in [-0.1, -0.05) is 6.42 Å². The number of nitrogens with zero attached hydrogens (tertiary/aromatic N) is 1. The standard InChI is InChI=1S/C32H50N4O17/c1-14-22(40)24(42)26(44)31(51-14)49-12-10-34-29(47)20-19(21(20)30(48)35-11-13-50-32-27(45)25(43)23(41)15(2)52-32)28(46)33-9-5-3-4-6-18(39)53-36-16(37)7-8-17(36)38/h14-15,19-27,31-32,40-45H,3-13H2,1-2H3,(H,33,46)(H,34,47)(H,35,48)/t14-,15-,19?,20?,21?,22+,23+,24+,25+,26-,27-,31+,32+/m0/s1. The van der Waals surface area contributed by atoms with Crippen LogP contribution in [0.5, 0.6) is 0 Å². The number of carbonyl (C=O) groups excluding carboxylic acids is 6. The van der Waals surface area contributed by atoms with Crippen molar-refractivity contribution in [2.45, 2.75) is 114 Å². The Kier molecular flexibility index (Phi) is 15.4. The first-order valence-corrected chi connectivity index (χ1v) is 17.7. The highest BCUT2D eigenvalue weighted by atomic mass is 16.7. The Balaban J connectivity index is 1.22. The van der Waals surface area contributed by atoms with E-state index in [-0.39, 0.29) is 52.1 Å². The fourth-order valence-corrected chi connectivity index (χ4v) is 6.23. The van der Waals surface area contributed by atoms with Crippen LogP contribution in [0.2, 0.25) is 0 Å². The lowest BCUT2D eigenvalue weighted by Gasteiger charge is -2.38. The number of carbonyl (C=O) groups is 6. The molecule has 4 aliphatic rings. The zero-order chi connectivity index (χ0) is 39.0. The van der Waals surface area contributed by atoms with Crippen LogP contribution >= 0.6 is 0 Å². The number of aliphatic hydroxyl groups excluding tert-OH is 6. The van der Waals surface area contributed by atoms with Crippen LogP contribution < -0.4 is 16.0 Å². The zero-order valence-corrected chi connectivity index (χ0v) is 29.4. The molecule has 3 aliphatic heterocycles. The second-order valence-electron chi connectivity index (χ2n) is 13.4. The second-order valence-corrected chi connectivity index (χ2v) is 13.4. The molecule has 300 valence electrons. The van der Waals surface area contributed by atoms with E-state index in [2.05, 4.69) is 16.0 Å². The van der Waals surface area contributed by atoms with Gasteiger partial charge in [0.05, 0.1) is 43.2 Å². The minimum atomic E-state index is -1.54. The number of imide groups is 1. The number of amides is 5. The lowest BCUT2D eigenvalue weighted by Crippen LogP contribution is -2.57. The van der Waals surface area contributed by atoms with Crippen molar-refractivity contribution in [2.24, 2.45) is 17.8 Å². The van der Waals surface area contributed by atoms with Gasteiger partial charge in [-0.05, 0) is 26.7 Å². The van der Waals surface area contributed by atoms with Gasteiger partial charge in [0.1, 0.15) is 36.6 Å². The lowest BCUT2D eigenvalue weighted by molar-refractivity contribution is -0.292. The quantitative estimate of drug-likeness (QED) is 0.0467. The van der Waals surface area contributed by atoms with Gasteiger partial charge in [0, 0.05) is 38.9 Å². The van der Waals surface area contributed by atoms with Crippen molar-refractivity contribution in [3.63, 3.8) is 0 Å². The average Bonchev–Trinajstić information content (AvgIpc) is 3.81. The van der Waals surface area contributed by atoms with Gasteiger partial charge in [-0.25, -0.2) is 4.79 Å². The predicted molar refractivity (Wildman–Crippen MR) is 172 cm³/mol. The third-order valence-corrected chi connectivity index (χ3v) is 9.47. The Morgan fingerprint density at radius 1 is 0.623 bits per heavy atom. The van der Waals surface area contributed by atoms with E-state index in [0.717, 1.165) is 0 Å². The highest BCUT2D eigenvalue weighted by molar-refractivity contribution is 6.02. The Hall–Kier alpha value is -3.38. The van der Waals surface area contributed by atoms with Crippen molar-refractivity contribution in [3.05, 3.63) is 0 Å². The molecule has 21 heteroatoms. The van der Waals surface area contributed by atoms with Crippen molar-refractivity contribution in [1.29, 1.82) is 0 Å². The average molecular weight is 763 g/mol. The van der Waals surface area contributed by atoms with Crippen molar-refractivity contribution >= 4 is 35.5 Å². The van der Waals surface area contributed by atoms with E-state index in [0.29, 0.717) is 24.3 Å². The summed E-state index contributed by atoms with van der Waals surface area (Å²) < 4.78 is 21.5. The third kappa shape index (κ3) is 10.9.